The predicted octanol–water partition coefficient (Wildman–Crippen LogP) is 4.30. The minimum absolute atomic E-state index is 0.0824. The molecule has 3 aromatic rings. The van der Waals surface area contributed by atoms with Crippen molar-refractivity contribution in [2.24, 2.45) is 16.3 Å². The van der Waals surface area contributed by atoms with E-state index >= 15 is 0 Å². The van der Waals surface area contributed by atoms with Crippen LogP contribution in [0.4, 0.5) is 0 Å². The number of carbonyl (C=O) groups excluding carboxylic acids is 4. The highest BCUT2D eigenvalue weighted by Gasteiger charge is 2.38. The standard InChI is InChI=1S/C51H69BN8O8/c1-12-59-41-18-17-33-23-37(41)38(46(59)36-15-13-21-53-45(36)32(3)65-10)25-50(4,5)30-68-49(64)35-16-14-22-60(56-31(35)2)48(63)39(24-43-52-26-40(33)54-43)55-47(62)42(66-11)29-67-34-27-58(28-34)44(61)19-20-51(6,7)57(8)9/h13,15,17-18,21,23,26,31-32,34-35,39,42,52,56H,12,14,16,22,24-25,27-30H2,1-11H3,(H,55,62)/t31?,32-,35+,39?,42?/m0/s1. The Morgan fingerprint density at radius 2 is 1.91 bits per heavy atom. The average Bonchev–Trinajstić information content (AvgIpc) is 3.82. The molecule has 6 bridgehead atoms. The Morgan fingerprint density at radius 3 is 2.62 bits per heavy atom. The largest absolute Gasteiger partial charge is 0.465 e. The van der Waals surface area contributed by atoms with E-state index in [0.717, 1.165) is 50.3 Å². The number of aryl methyl sites for hydroxylation is 1. The number of amides is 3. The molecule has 3 amide bonds. The molecule has 2 fully saturated rings. The fourth-order valence-corrected chi connectivity index (χ4v) is 9.23. The second-order valence-electron chi connectivity index (χ2n) is 20.1. The number of fused-ring (bicyclic) bond motifs is 6. The summed E-state index contributed by atoms with van der Waals surface area (Å²) in [6, 6.07) is 9.02. The number of nitrogens with zero attached hydrogens (tertiary/aromatic N) is 6. The summed E-state index contributed by atoms with van der Waals surface area (Å²) in [4.78, 5) is 68.9. The van der Waals surface area contributed by atoms with Crippen LogP contribution in [0.15, 0.2) is 47.5 Å². The Bertz CT molecular complexity index is 2520. The summed E-state index contributed by atoms with van der Waals surface area (Å²) in [5, 5.41) is 5.57. The zero-order valence-electron chi connectivity index (χ0n) is 41.7. The Labute approximate surface area is 401 Å². The first-order chi connectivity index (χ1) is 32.3. The van der Waals surface area contributed by atoms with E-state index in [1.807, 2.05) is 52.8 Å². The molecule has 2 aromatic heterocycles. The van der Waals surface area contributed by atoms with Gasteiger partial charge in [-0.05, 0) is 115 Å². The number of hydrazine groups is 1. The number of aromatic nitrogens is 2. The van der Waals surface area contributed by atoms with Gasteiger partial charge in [0, 0.05) is 80.9 Å². The molecule has 0 aliphatic carbocycles. The molecule has 4 aliphatic rings. The van der Waals surface area contributed by atoms with Crippen molar-refractivity contribution in [3.05, 3.63) is 59.3 Å². The van der Waals surface area contributed by atoms with Crippen LogP contribution in [0.3, 0.4) is 0 Å². The summed E-state index contributed by atoms with van der Waals surface area (Å²) in [5.74, 6) is 5.86. The first-order valence-corrected chi connectivity index (χ1v) is 23.9. The number of methoxy groups -OCH3 is 2. The van der Waals surface area contributed by atoms with Gasteiger partial charge in [0.25, 0.3) is 17.7 Å². The number of hydrogen-bond acceptors (Lipinski definition) is 12. The van der Waals surface area contributed by atoms with Gasteiger partial charge in [-0.3, -0.25) is 39.1 Å². The molecule has 7 rings (SSSR count). The van der Waals surface area contributed by atoms with E-state index in [1.54, 1.807) is 18.2 Å². The highest BCUT2D eigenvalue weighted by molar-refractivity contribution is 6.81. The van der Waals surface area contributed by atoms with Crippen LogP contribution in [0, 0.1) is 23.2 Å². The highest BCUT2D eigenvalue weighted by atomic mass is 16.5. The number of nitrogens with one attached hydrogen (secondary N) is 2. The third-order valence-corrected chi connectivity index (χ3v) is 14.0. The fraction of sp³-hybridized carbons (Fsp3) is 0.569. The summed E-state index contributed by atoms with van der Waals surface area (Å²) >= 11 is 0. The lowest BCUT2D eigenvalue weighted by Crippen LogP contribution is -2.58. The van der Waals surface area contributed by atoms with Crippen molar-refractivity contribution in [1.82, 2.24) is 35.1 Å². The van der Waals surface area contributed by atoms with E-state index in [-0.39, 0.29) is 49.6 Å². The molecule has 17 heteroatoms. The Morgan fingerprint density at radius 1 is 1.15 bits per heavy atom. The van der Waals surface area contributed by atoms with Crippen molar-refractivity contribution in [2.75, 3.05) is 61.2 Å². The smallest absolute Gasteiger partial charge is 0.310 e. The number of pyridine rings is 1. The SMILES string of the molecule is CCn1c(-c2cccnc2[C@H](C)OC)c2c3cc(ccc31)C1=CBC(=N1)CC(NC(=O)C(COC1CN(C(=O)C#CC(C)(C)N(C)C)C1)OC)C(=O)N1CCC[C@@H](C(=O)OCC(C)(C)C2)C(C)N1. The summed E-state index contributed by atoms with van der Waals surface area (Å²) in [6.07, 6.45) is 2.01. The van der Waals surface area contributed by atoms with E-state index in [1.165, 1.54) is 12.1 Å². The van der Waals surface area contributed by atoms with E-state index in [2.05, 4.69) is 78.2 Å². The van der Waals surface area contributed by atoms with Gasteiger partial charge in [0.1, 0.15) is 6.04 Å². The molecule has 68 heavy (non-hydrogen) atoms. The zero-order valence-corrected chi connectivity index (χ0v) is 41.7. The van der Waals surface area contributed by atoms with Gasteiger partial charge in [0.2, 0.25) is 7.28 Å². The number of benzene rings is 1. The maximum absolute atomic E-state index is 14.6. The molecule has 4 aliphatic heterocycles. The van der Waals surface area contributed by atoms with Crippen LogP contribution in [0.5, 0.6) is 0 Å². The van der Waals surface area contributed by atoms with Gasteiger partial charge >= 0.3 is 5.97 Å². The van der Waals surface area contributed by atoms with Crippen molar-refractivity contribution >= 4 is 53.2 Å². The predicted molar refractivity (Wildman–Crippen MR) is 264 cm³/mol. The Balaban J connectivity index is 1.18. The van der Waals surface area contributed by atoms with Crippen LogP contribution in [0.2, 0.25) is 0 Å². The lowest BCUT2D eigenvalue weighted by molar-refractivity contribution is -0.153. The number of rotatable bonds is 11. The molecular formula is C51H69BN8O8. The first-order valence-electron chi connectivity index (χ1n) is 23.9. The average molecular weight is 933 g/mol. The topological polar surface area (TPSA) is 169 Å². The van der Waals surface area contributed by atoms with E-state index in [9.17, 15) is 19.2 Å². The Kier molecular flexibility index (Phi) is 15.7. The van der Waals surface area contributed by atoms with E-state index in [0.29, 0.717) is 52.7 Å². The van der Waals surface area contributed by atoms with Gasteiger partial charge in [-0.1, -0.05) is 31.8 Å². The van der Waals surface area contributed by atoms with Gasteiger partial charge in [-0.25, -0.2) is 5.43 Å². The maximum atomic E-state index is 14.6. The minimum atomic E-state index is -1.04. The summed E-state index contributed by atoms with van der Waals surface area (Å²) < 4.78 is 26.0. The van der Waals surface area contributed by atoms with Crippen LogP contribution in [-0.2, 0) is 51.1 Å². The number of carbonyl (C=O) groups is 4. The van der Waals surface area contributed by atoms with Gasteiger partial charge in [0.15, 0.2) is 6.10 Å². The minimum Gasteiger partial charge on any atom is -0.465 e. The quantitative estimate of drug-likeness (QED) is 0.160. The van der Waals surface area contributed by atoms with Gasteiger partial charge in [-0.15, -0.1) is 0 Å². The number of hydrogen-bond donors (Lipinski definition) is 2. The monoisotopic (exact) mass is 933 g/mol. The van der Waals surface area contributed by atoms with Crippen LogP contribution < -0.4 is 10.7 Å². The summed E-state index contributed by atoms with van der Waals surface area (Å²) in [5.41, 5.74) is 9.87. The van der Waals surface area contributed by atoms with Crippen molar-refractivity contribution in [2.45, 2.75) is 117 Å². The number of cyclic esters (lactones) is 1. The van der Waals surface area contributed by atoms with Gasteiger partial charge < -0.3 is 33.7 Å². The third kappa shape index (κ3) is 11.1. The molecular weight excluding hydrogens is 863 g/mol. The summed E-state index contributed by atoms with van der Waals surface area (Å²) in [7, 11) is 7.42. The van der Waals surface area contributed by atoms with E-state index in [4.69, 9.17) is 28.9 Å². The lowest BCUT2D eigenvalue weighted by atomic mass is 9.71. The van der Waals surface area contributed by atoms with Crippen molar-refractivity contribution in [3.8, 4) is 23.1 Å². The van der Waals surface area contributed by atoms with Crippen molar-refractivity contribution < 1.29 is 38.1 Å². The summed E-state index contributed by atoms with van der Waals surface area (Å²) in [6.45, 7) is 16.0. The number of esters is 1. The molecule has 3 unspecified atom stereocenters. The molecule has 0 spiro atoms. The first kappa shape index (κ1) is 50.5. The highest BCUT2D eigenvalue weighted by Crippen LogP contribution is 2.42. The molecule has 2 saturated heterocycles. The van der Waals surface area contributed by atoms with E-state index < -0.39 is 41.0 Å². The number of ether oxygens (including phenoxy) is 4. The maximum Gasteiger partial charge on any atom is 0.310 e. The molecule has 6 heterocycles. The molecule has 2 N–H and O–H groups in total. The molecule has 5 atom stereocenters. The van der Waals surface area contributed by atoms with Crippen molar-refractivity contribution in [3.63, 3.8) is 0 Å². The number of aliphatic imine (C=N–C) groups is 1. The number of likely N-dealkylation sites (tertiary alicyclic amines) is 1. The molecule has 16 nitrogen and oxygen atoms in total. The molecule has 1 aromatic carbocycles. The third-order valence-electron chi connectivity index (χ3n) is 14.0. The molecule has 0 saturated carbocycles. The molecule has 364 valence electrons. The second kappa shape index (κ2) is 21.1. The fourth-order valence-electron chi connectivity index (χ4n) is 9.23. The van der Waals surface area contributed by atoms with Crippen LogP contribution in [-0.4, -0.2) is 152 Å². The van der Waals surface area contributed by atoms with Crippen LogP contribution >= 0.6 is 0 Å². The van der Waals surface area contributed by atoms with Gasteiger partial charge in [0.05, 0.1) is 54.0 Å². The van der Waals surface area contributed by atoms with Gasteiger partial charge in [-0.2, -0.15) is 0 Å². The Hall–Kier alpha value is -5.38. The molecule has 0 radical (unpaired) electrons. The van der Waals surface area contributed by atoms with Crippen LogP contribution in [0.1, 0.15) is 90.7 Å². The van der Waals surface area contributed by atoms with Crippen LogP contribution in [0.25, 0.3) is 27.9 Å². The lowest BCUT2D eigenvalue weighted by Gasteiger charge is -2.38. The zero-order chi connectivity index (χ0) is 49.1. The second-order valence-corrected chi connectivity index (χ2v) is 20.1. The normalized spacial score (nSPS) is 22.1. The van der Waals surface area contributed by atoms with Crippen molar-refractivity contribution in [1.29, 1.82) is 0 Å².